The third-order valence-electron chi connectivity index (χ3n) is 9.43. The second kappa shape index (κ2) is 14.4. The number of carbonyl (C=O) groups excluding carboxylic acids is 2. The van der Waals surface area contributed by atoms with E-state index in [-0.39, 0.29) is 28.3 Å². The molecule has 266 valence electrons. The normalized spacial score (nSPS) is 13.9. The summed E-state index contributed by atoms with van der Waals surface area (Å²) in [5.41, 5.74) is 9.33. The fraction of sp³-hybridized carbons (Fsp3) is 0.333. The zero-order valence-corrected chi connectivity index (χ0v) is 30.7. The number of aryl methyl sites for hydroxylation is 3. The van der Waals surface area contributed by atoms with E-state index >= 15 is 0 Å². The molecule has 2 amide bonds. The molecule has 0 spiro atoms. The minimum absolute atomic E-state index is 0.0967. The van der Waals surface area contributed by atoms with Crippen LogP contribution in [0.15, 0.2) is 70.8 Å². The first-order chi connectivity index (χ1) is 24.2. The van der Waals surface area contributed by atoms with Crippen molar-refractivity contribution in [3.05, 3.63) is 94.3 Å². The van der Waals surface area contributed by atoms with Crippen LogP contribution in [0.1, 0.15) is 51.5 Å². The molecule has 0 bridgehead atoms. The van der Waals surface area contributed by atoms with Gasteiger partial charge < -0.3 is 20.3 Å². The lowest BCUT2D eigenvalue weighted by Gasteiger charge is -2.30. The van der Waals surface area contributed by atoms with Gasteiger partial charge in [-0.1, -0.05) is 30.3 Å². The Balaban J connectivity index is 1.33. The Morgan fingerprint density at radius 3 is 2.51 bits per heavy atom. The number of hydrogen-bond acceptors (Lipinski definition) is 8. The van der Waals surface area contributed by atoms with Crippen molar-refractivity contribution < 1.29 is 23.1 Å². The van der Waals surface area contributed by atoms with E-state index in [4.69, 9.17) is 0 Å². The second-order valence-electron chi connectivity index (χ2n) is 13.7. The Bertz CT molecular complexity index is 2260. The molecule has 3 aromatic carbocycles. The van der Waals surface area contributed by atoms with Gasteiger partial charge in [0.25, 0.3) is 5.91 Å². The topological polar surface area (TPSA) is 149 Å². The summed E-state index contributed by atoms with van der Waals surface area (Å²) in [4.78, 5) is 41.1. The van der Waals surface area contributed by atoms with Gasteiger partial charge in [0.05, 0.1) is 17.2 Å². The van der Waals surface area contributed by atoms with Crippen molar-refractivity contribution in [3.8, 4) is 22.3 Å². The predicted octanol–water partition coefficient (Wildman–Crippen LogP) is 5.00. The standard InChI is InChI=1S/C39H44N6O5S/c1-23-7-9-32(28-17-24(2)30-11-13-45(22-29(30)18-28)14-12-35(47)40-19-26(4)46)34(15-23)51(49,50)36-21-42-38-37(43-36)33(20-41-38)27-8-10-31(25(3)16-27)39(48)44(5)6/h7-10,15-18,20-21,26,46H,11-14,19,22H2,1-6H3,(H,40,47)(H,41,42)/t26-/m0/s1. The highest BCUT2D eigenvalue weighted by molar-refractivity contribution is 7.91. The molecule has 2 aromatic heterocycles. The van der Waals surface area contributed by atoms with E-state index in [1.54, 1.807) is 39.3 Å². The zero-order valence-electron chi connectivity index (χ0n) is 29.9. The molecule has 6 rings (SSSR count). The van der Waals surface area contributed by atoms with Gasteiger partial charge in [0.1, 0.15) is 5.52 Å². The molecule has 11 nitrogen and oxygen atoms in total. The molecule has 3 N–H and O–H groups in total. The van der Waals surface area contributed by atoms with Crippen LogP contribution in [0.3, 0.4) is 0 Å². The first-order valence-electron chi connectivity index (χ1n) is 17.1. The highest BCUT2D eigenvalue weighted by Gasteiger charge is 2.27. The molecule has 0 aliphatic carbocycles. The first kappa shape index (κ1) is 35.9. The van der Waals surface area contributed by atoms with Gasteiger partial charge in [-0.3, -0.25) is 14.5 Å². The summed E-state index contributed by atoms with van der Waals surface area (Å²) in [5.74, 6) is -0.195. The number of aromatic nitrogens is 3. The maximum Gasteiger partial charge on any atom is 0.253 e. The zero-order chi connectivity index (χ0) is 36.6. The Kier molecular flexibility index (Phi) is 10.1. The first-order valence-corrected chi connectivity index (χ1v) is 18.5. The van der Waals surface area contributed by atoms with E-state index in [1.165, 1.54) is 16.7 Å². The van der Waals surface area contributed by atoms with Crippen molar-refractivity contribution in [1.29, 1.82) is 0 Å². The molecule has 3 heterocycles. The molecule has 0 radical (unpaired) electrons. The number of nitrogens with zero attached hydrogens (tertiary/aromatic N) is 4. The Morgan fingerprint density at radius 2 is 1.78 bits per heavy atom. The minimum atomic E-state index is -4.13. The van der Waals surface area contributed by atoms with Crippen molar-refractivity contribution in [1.82, 2.24) is 30.1 Å². The van der Waals surface area contributed by atoms with E-state index in [2.05, 4.69) is 38.2 Å². The molecule has 1 atom stereocenters. The lowest BCUT2D eigenvalue weighted by atomic mass is 9.90. The average Bonchev–Trinajstić information content (AvgIpc) is 3.52. The summed E-state index contributed by atoms with van der Waals surface area (Å²) in [5, 5.41) is 12.1. The summed E-state index contributed by atoms with van der Waals surface area (Å²) in [6.45, 7) is 9.70. The summed E-state index contributed by atoms with van der Waals surface area (Å²) >= 11 is 0. The largest absolute Gasteiger partial charge is 0.392 e. The van der Waals surface area contributed by atoms with Crippen molar-refractivity contribution >= 4 is 32.8 Å². The smallest absolute Gasteiger partial charge is 0.253 e. The summed E-state index contributed by atoms with van der Waals surface area (Å²) in [6.07, 6.45) is 3.61. The average molecular weight is 709 g/mol. The van der Waals surface area contributed by atoms with E-state index in [0.717, 1.165) is 46.3 Å². The van der Waals surface area contributed by atoms with Crippen LogP contribution in [-0.2, 0) is 27.6 Å². The van der Waals surface area contributed by atoms with Gasteiger partial charge in [0, 0.05) is 69.6 Å². The number of carbonyl (C=O) groups is 2. The third kappa shape index (κ3) is 7.44. The number of aliphatic hydroxyl groups is 1. The number of fused-ring (bicyclic) bond motifs is 2. The number of amides is 2. The summed E-state index contributed by atoms with van der Waals surface area (Å²) in [6, 6.07) is 15.1. The highest BCUT2D eigenvalue weighted by atomic mass is 32.2. The molecule has 1 aliphatic rings. The van der Waals surface area contributed by atoms with E-state index in [1.807, 2.05) is 44.2 Å². The SMILES string of the molecule is Cc1ccc(-c2cc(C)c3c(c2)CN(CCC(=O)NC[C@H](C)O)CC3)c(S(=O)(=O)c2cnc3[nH]cc(-c4ccc(C(=O)N(C)C)c(C)c4)c3n2)c1. The fourth-order valence-electron chi connectivity index (χ4n) is 6.67. The van der Waals surface area contributed by atoms with Crippen LogP contribution in [0.2, 0.25) is 0 Å². The lowest BCUT2D eigenvalue weighted by molar-refractivity contribution is -0.121. The predicted molar refractivity (Wildman–Crippen MR) is 197 cm³/mol. The molecule has 0 fully saturated rings. The van der Waals surface area contributed by atoms with Crippen LogP contribution in [0.4, 0.5) is 0 Å². The number of sulfone groups is 1. The number of benzene rings is 3. The maximum absolute atomic E-state index is 14.5. The number of rotatable bonds is 10. The van der Waals surface area contributed by atoms with Crippen molar-refractivity contribution in [2.75, 3.05) is 33.7 Å². The van der Waals surface area contributed by atoms with Crippen LogP contribution < -0.4 is 5.32 Å². The highest BCUT2D eigenvalue weighted by Crippen LogP contribution is 2.36. The second-order valence-corrected chi connectivity index (χ2v) is 15.6. The minimum Gasteiger partial charge on any atom is -0.392 e. The van der Waals surface area contributed by atoms with Crippen LogP contribution >= 0.6 is 0 Å². The van der Waals surface area contributed by atoms with Gasteiger partial charge in [-0.25, -0.2) is 18.4 Å². The maximum atomic E-state index is 14.5. The number of hydrogen-bond donors (Lipinski definition) is 3. The fourth-order valence-corrected chi connectivity index (χ4v) is 8.12. The molecular weight excluding hydrogens is 665 g/mol. The van der Waals surface area contributed by atoms with Crippen LogP contribution in [0, 0.1) is 20.8 Å². The molecule has 0 saturated carbocycles. The van der Waals surface area contributed by atoms with Gasteiger partial charge in [0.2, 0.25) is 15.7 Å². The van der Waals surface area contributed by atoms with Gasteiger partial charge in [0.15, 0.2) is 10.7 Å². The van der Waals surface area contributed by atoms with Gasteiger partial charge >= 0.3 is 0 Å². The quantitative estimate of drug-likeness (QED) is 0.184. The lowest BCUT2D eigenvalue weighted by Crippen LogP contribution is -2.36. The van der Waals surface area contributed by atoms with Crippen LogP contribution in [0.5, 0.6) is 0 Å². The number of H-pyrrole nitrogens is 1. The third-order valence-corrected chi connectivity index (χ3v) is 11.1. The molecule has 0 unspecified atom stereocenters. The van der Waals surface area contributed by atoms with Gasteiger partial charge in [-0.05, 0) is 91.3 Å². The molecule has 51 heavy (non-hydrogen) atoms. The van der Waals surface area contributed by atoms with Crippen molar-refractivity contribution in [2.45, 2.75) is 63.1 Å². The Hall–Kier alpha value is -4.91. The van der Waals surface area contributed by atoms with Crippen molar-refractivity contribution in [3.63, 3.8) is 0 Å². The van der Waals surface area contributed by atoms with Crippen molar-refractivity contribution in [2.24, 2.45) is 0 Å². The number of aromatic amines is 1. The van der Waals surface area contributed by atoms with E-state index < -0.39 is 15.9 Å². The van der Waals surface area contributed by atoms with Crippen LogP contribution in [-0.4, -0.2) is 89.9 Å². The van der Waals surface area contributed by atoms with E-state index in [9.17, 15) is 23.1 Å². The molecular formula is C39H44N6O5S. The molecule has 5 aromatic rings. The number of nitrogens with one attached hydrogen (secondary N) is 2. The van der Waals surface area contributed by atoms with Gasteiger partial charge in [-0.15, -0.1) is 0 Å². The molecule has 0 saturated heterocycles. The Morgan fingerprint density at radius 1 is 1.02 bits per heavy atom. The molecule has 12 heteroatoms. The Labute approximate surface area is 298 Å². The molecule has 1 aliphatic heterocycles. The summed E-state index contributed by atoms with van der Waals surface area (Å²) in [7, 11) is -0.712. The monoisotopic (exact) mass is 708 g/mol. The number of aliphatic hydroxyl groups excluding tert-OH is 1. The van der Waals surface area contributed by atoms with Crippen LogP contribution in [0.25, 0.3) is 33.4 Å². The van der Waals surface area contributed by atoms with E-state index in [0.29, 0.717) is 47.4 Å². The van der Waals surface area contributed by atoms with Gasteiger partial charge in [-0.2, -0.15) is 0 Å². The summed E-state index contributed by atoms with van der Waals surface area (Å²) < 4.78 is 29.0.